The van der Waals surface area contributed by atoms with E-state index in [1.165, 1.54) is 30.3 Å². The average molecular weight is 352 g/mol. The van der Waals surface area contributed by atoms with Gasteiger partial charge in [-0.2, -0.15) is 13.2 Å². The Hall–Kier alpha value is -2.41. The van der Waals surface area contributed by atoms with E-state index >= 15 is 0 Å². The molecule has 1 saturated carbocycles. The molecule has 0 bridgehead atoms. The Morgan fingerprint density at radius 2 is 1.76 bits per heavy atom. The second kappa shape index (κ2) is 6.15. The second-order valence-corrected chi connectivity index (χ2v) is 6.16. The molecule has 1 aliphatic carbocycles. The minimum absolute atomic E-state index is 0.0497. The molecule has 0 radical (unpaired) electrons. The van der Waals surface area contributed by atoms with Gasteiger partial charge < -0.3 is 11.1 Å². The third kappa shape index (κ3) is 3.51. The lowest BCUT2D eigenvalue weighted by Gasteiger charge is -2.17. The lowest BCUT2D eigenvalue weighted by atomic mass is 9.94. The molecule has 132 valence electrons. The Kier molecular flexibility index (Phi) is 4.28. The van der Waals surface area contributed by atoms with Crippen molar-refractivity contribution < 1.29 is 22.4 Å². The molecule has 3 nitrogen and oxygen atoms in total. The van der Waals surface area contributed by atoms with Crippen molar-refractivity contribution in [2.24, 2.45) is 5.73 Å². The van der Waals surface area contributed by atoms with Gasteiger partial charge in [0, 0.05) is 12.2 Å². The summed E-state index contributed by atoms with van der Waals surface area (Å²) in [6.45, 7) is -0.0735. The van der Waals surface area contributed by atoms with E-state index in [1.807, 2.05) is 0 Å². The number of alkyl halides is 3. The molecule has 25 heavy (non-hydrogen) atoms. The monoisotopic (exact) mass is 352 g/mol. The number of rotatable bonds is 4. The maximum absolute atomic E-state index is 13.1. The van der Waals surface area contributed by atoms with Crippen LogP contribution in [0, 0.1) is 5.82 Å². The van der Waals surface area contributed by atoms with Crippen LogP contribution in [0.15, 0.2) is 42.5 Å². The van der Waals surface area contributed by atoms with Gasteiger partial charge in [0.05, 0.1) is 11.0 Å². The van der Waals surface area contributed by atoms with Crippen LogP contribution in [-0.2, 0) is 22.9 Å². The average Bonchev–Trinajstić information content (AvgIpc) is 3.36. The molecule has 3 rings (SSSR count). The van der Waals surface area contributed by atoms with E-state index in [9.17, 15) is 22.4 Å². The molecule has 0 saturated heterocycles. The van der Waals surface area contributed by atoms with Crippen molar-refractivity contribution in [2.45, 2.75) is 31.0 Å². The highest BCUT2D eigenvalue weighted by atomic mass is 19.4. The van der Waals surface area contributed by atoms with Gasteiger partial charge in [0.15, 0.2) is 0 Å². The zero-order chi connectivity index (χ0) is 18.2. The van der Waals surface area contributed by atoms with Gasteiger partial charge in [-0.1, -0.05) is 12.1 Å². The summed E-state index contributed by atoms with van der Waals surface area (Å²) in [6, 6.07) is 8.85. The number of amides is 1. The highest BCUT2D eigenvalue weighted by Gasteiger charge is 2.51. The van der Waals surface area contributed by atoms with Gasteiger partial charge in [0.2, 0.25) is 5.91 Å². The molecular weight excluding hydrogens is 336 g/mol. The molecule has 0 aromatic heterocycles. The molecule has 1 amide bonds. The predicted octanol–water partition coefficient (Wildman–Crippen LogP) is 3.97. The van der Waals surface area contributed by atoms with Crippen molar-refractivity contribution in [2.75, 3.05) is 5.32 Å². The van der Waals surface area contributed by atoms with Crippen LogP contribution >= 0.6 is 0 Å². The summed E-state index contributed by atoms with van der Waals surface area (Å²) in [5, 5.41) is 2.56. The fourth-order valence-electron chi connectivity index (χ4n) is 2.84. The molecule has 3 N–H and O–H groups in total. The van der Waals surface area contributed by atoms with Gasteiger partial charge in [0.1, 0.15) is 5.82 Å². The number of nitrogens with two attached hydrogens (primary N) is 1. The Balaban J connectivity index is 1.87. The Morgan fingerprint density at radius 1 is 1.12 bits per heavy atom. The topological polar surface area (TPSA) is 55.1 Å². The first kappa shape index (κ1) is 17.4. The van der Waals surface area contributed by atoms with Crippen LogP contribution in [0.3, 0.4) is 0 Å². The number of hydrogen-bond donors (Lipinski definition) is 2. The summed E-state index contributed by atoms with van der Waals surface area (Å²) >= 11 is 0. The first-order chi connectivity index (χ1) is 11.7. The lowest BCUT2D eigenvalue weighted by Crippen LogP contribution is -2.28. The molecule has 0 spiro atoms. The highest BCUT2D eigenvalue weighted by Crippen LogP contribution is 2.49. The maximum Gasteiger partial charge on any atom is 0.416 e. The summed E-state index contributed by atoms with van der Waals surface area (Å²) < 4.78 is 52.0. The summed E-state index contributed by atoms with van der Waals surface area (Å²) in [4.78, 5) is 12.6. The van der Waals surface area contributed by atoms with E-state index in [-0.39, 0.29) is 17.8 Å². The SMILES string of the molecule is NCc1cc(NC(=O)C2(c3ccc(F)cc3)CC2)cc(C(F)(F)F)c1. The lowest BCUT2D eigenvalue weighted by molar-refractivity contribution is -0.137. The quantitative estimate of drug-likeness (QED) is 0.818. The van der Waals surface area contributed by atoms with Crippen LogP contribution in [0.25, 0.3) is 0 Å². The van der Waals surface area contributed by atoms with Gasteiger partial charge in [-0.25, -0.2) is 4.39 Å². The van der Waals surface area contributed by atoms with Gasteiger partial charge >= 0.3 is 6.18 Å². The first-order valence-electron chi connectivity index (χ1n) is 7.73. The van der Waals surface area contributed by atoms with Gasteiger partial charge in [-0.05, 0) is 54.3 Å². The van der Waals surface area contributed by atoms with Crippen LogP contribution in [0.5, 0.6) is 0 Å². The van der Waals surface area contributed by atoms with E-state index in [4.69, 9.17) is 5.73 Å². The Labute approximate surface area is 141 Å². The van der Waals surface area contributed by atoms with Crippen LogP contribution in [-0.4, -0.2) is 5.91 Å². The molecule has 0 unspecified atom stereocenters. The fraction of sp³-hybridized carbons (Fsp3) is 0.278. The highest BCUT2D eigenvalue weighted by molar-refractivity contribution is 6.01. The summed E-state index contributed by atoms with van der Waals surface area (Å²) in [5.41, 5.74) is 4.75. The smallest absolute Gasteiger partial charge is 0.326 e. The van der Waals surface area contributed by atoms with Crippen molar-refractivity contribution in [3.63, 3.8) is 0 Å². The van der Waals surface area contributed by atoms with Crippen molar-refractivity contribution in [3.05, 3.63) is 65.0 Å². The largest absolute Gasteiger partial charge is 0.416 e. The standard InChI is InChI=1S/C18H16F4N2O/c19-14-3-1-12(2-4-14)17(5-6-17)16(25)24-15-8-11(10-23)7-13(9-15)18(20,21)22/h1-4,7-9H,5-6,10,23H2,(H,24,25). The maximum atomic E-state index is 13.1. The van der Waals surface area contributed by atoms with Gasteiger partial charge in [0.25, 0.3) is 0 Å². The van der Waals surface area contributed by atoms with Crippen molar-refractivity contribution in [1.29, 1.82) is 0 Å². The van der Waals surface area contributed by atoms with Gasteiger partial charge in [-0.3, -0.25) is 4.79 Å². The van der Waals surface area contributed by atoms with Crippen LogP contribution < -0.4 is 11.1 Å². The minimum atomic E-state index is -4.53. The number of carbonyl (C=O) groups excluding carboxylic acids is 1. The zero-order valence-electron chi connectivity index (χ0n) is 13.2. The van der Waals surface area contributed by atoms with Crippen molar-refractivity contribution in [3.8, 4) is 0 Å². The number of benzene rings is 2. The Morgan fingerprint density at radius 3 is 2.28 bits per heavy atom. The summed E-state index contributed by atoms with van der Waals surface area (Å²) in [7, 11) is 0. The van der Waals surface area contributed by atoms with Gasteiger partial charge in [-0.15, -0.1) is 0 Å². The third-order valence-electron chi connectivity index (χ3n) is 4.40. The molecule has 2 aromatic rings. The summed E-state index contributed by atoms with van der Waals surface area (Å²) in [6.07, 6.45) is -3.40. The van der Waals surface area contributed by atoms with E-state index in [2.05, 4.69) is 5.32 Å². The molecule has 0 aliphatic heterocycles. The van der Waals surface area contributed by atoms with E-state index in [1.54, 1.807) is 0 Å². The van der Waals surface area contributed by atoms with Crippen LogP contribution in [0.2, 0.25) is 0 Å². The number of anilines is 1. The molecule has 0 atom stereocenters. The second-order valence-electron chi connectivity index (χ2n) is 6.16. The molecule has 0 heterocycles. The zero-order valence-corrected chi connectivity index (χ0v) is 13.2. The number of nitrogens with one attached hydrogen (secondary N) is 1. The van der Waals surface area contributed by atoms with Crippen molar-refractivity contribution in [1.82, 2.24) is 0 Å². The van der Waals surface area contributed by atoms with Crippen LogP contribution in [0.4, 0.5) is 23.2 Å². The minimum Gasteiger partial charge on any atom is -0.326 e. The number of hydrogen-bond acceptors (Lipinski definition) is 2. The third-order valence-corrected chi connectivity index (χ3v) is 4.40. The van der Waals surface area contributed by atoms with E-state index < -0.39 is 28.9 Å². The number of carbonyl (C=O) groups is 1. The van der Waals surface area contributed by atoms with E-state index in [0.29, 0.717) is 18.4 Å². The Bertz CT molecular complexity index is 796. The molecule has 2 aromatic carbocycles. The predicted molar refractivity (Wildman–Crippen MR) is 85.3 cm³/mol. The fourth-order valence-corrected chi connectivity index (χ4v) is 2.84. The normalized spacial score (nSPS) is 15.7. The molecule has 7 heteroatoms. The van der Waals surface area contributed by atoms with Crippen molar-refractivity contribution >= 4 is 11.6 Å². The van der Waals surface area contributed by atoms with Crippen LogP contribution in [0.1, 0.15) is 29.5 Å². The van der Waals surface area contributed by atoms with E-state index in [0.717, 1.165) is 12.1 Å². The molecular formula is C18H16F4N2O. The summed E-state index contributed by atoms with van der Waals surface area (Å²) in [5.74, 6) is -0.813. The molecule has 1 fully saturated rings. The first-order valence-corrected chi connectivity index (χ1v) is 7.73. The number of halogens is 4. The molecule has 1 aliphatic rings.